The number of nitrogens with zero attached hydrogens (tertiary/aromatic N) is 2. The van der Waals surface area contributed by atoms with Crippen LogP contribution in [-0.2, 0) is 42.0 Å². The van der Waals surface area contributed by atoms with Gasteiger partial charge in [-0.1, -0.05) is 78.6 Å². The molecule has 1 unspecified atom stereocenters. The van der Waals surface area contributed by atoms with Crippen molar-refractivity contribution in [3.8, 4) is 0 Å². The lowest BCUT2D eigenvalue weighted by Crippen LogP contribution is -2.61. The van der Waals surface area contributed by atoms with Gasteiger partial charge in [-0.05, 0) is 67.9 Å². The summed E-state index contributed by atoms with van der Waals surface area (Å²) in [5.41, 5.74) is 1.65. The highest BCUT2D eigenvalue weighted by molar-refractivity contribution is 7.89. The predicted octanol–water partition coefficient (Wildman–Crippen LogP) is 2.77. The normalized spacial score (nSPS) is 19.6. The molecule has 5 atom stereocenters. The van der Waals surface area contributed by atoms with Crippen molar-refractivity contribution < 1.29 is 32.4 Å². The van der Waals surface area contributed by atoms with Gasteiger partial charge < -0.3 is 26.2 Å². The van der Waals surface area contributed by atoms with E-state index in [-0.39, 0.29) is 43.8 Å². The molecule has 1 saturated heterocycles. The summed E-state index contributed by atoms with van der Waals surface area (Å²) in [6, 6.07) is 3.80. The maximum Gasteiger partial charge on any atom is 0.315 e. The van der Waals surface area contributed by atoms with Crippen molar-refractivity contribution in [2.45, 2.75) is 118 Å². The molecule has 5 amide bonds. The van der Waals surface area contributed by atoms with Crippen LogP contribution in [0.15, 0.2) is 24.3 Å². The summed E-state index contributed by atoms with van der Waals surface area (Å²) in [6.45, 7) is 15.5. The largest absolute Gasteiger partial charge is 0.350 e. The van der Waals surface area contributed by atoms with E-state index in [1.807, 2.05) is 58.9 Å². The van der Waals surface area contributed by atoms with Crippen LogP contribution in [-0.4, -0.2) is 103 Å². The molecule has 4 N–H and O–H groups in total. The number of nitrogens with one attached hydrogen (secondary N) is 4. The number of rotatable bonds is 17. The molecule has 1 heterocycles. The number of sulfonamides is 1. The van der Waals surface area contributed by atoms with Crippen molar-refractivity contribution in [2.75, 3.05) is 31.9 Å². The van der Waals surface area contributed by atoms with E-state index >= 15 is 0 Å². The SMILES string of the molecule is CCCCC(NC(=O)[C@@H]1[C@@H](C)CCN1C(=O)[C@@H](NC(=O)N[C@H](CN(CC)S(=O)(=O)CC)C(C)(C)C)C1Cc2ccccc2C1)C(=O)C(=O)NCC. The zero-order valence-electron chi connectivity index (χ0n) is 31.7. The lowest BCUT2D eigenvalue weighted by molar-refractivity contribution is -0.143. The van der Waals surface area contributed by atoms with E-state index in [0.717, 1.165) is 17.5 Å². The van der Waals surface area contributed by atoms with Gasteiger partial charge in [0.15, 0.2) is 0 Å². The van der Waals surface area contributed by atoms with E-state index in [1.54, 1.807) is 20.8 Å². The highest BCUT2D eigenvalue weighted by atomic mass is 32.2. The molecule has 1 aliphatic heterocycles. The first kappa shape index (κ1) is 41.9. The topological polar surface area (TPSA) is 174 Å². The Morgan fingerprint density at radius 2 is 1.59 bits per heavy atom. The first-order valence-corrected chi connectivity index (χ1v) is 20.1. The number of Topliss-reactive ketones (excluding diaryl/α,β-unsaturated/α-hetero) is 1. The third-order valence-electron chi connectivity index (χ3n) is 10.2. The fraction of sp³-hybridized carbons (Fsp3) is 0.703. The fourth-order valence-electron chi connectivity index (χ4n) is 7.03. The molecule has 1 aromatic rings. The van der Waals surface area contributed by atoms with Crippen LogP contribution in [0.2, 0.25) is 0 Å². The molecule has 51 heavy (non-hydrogen) atoms. The number of amides is 5. The van der Waals surface area contributed by atoms with Crippen molar-refractivity contribution in [3.05, 3.63) is 35.4 Å². The maximum atomic E-state index is 14.6. The van der Waals surface area contributed by atoms with E-state index in [2.05, 4.69) is 21.3 Å². The van der Waals surface area contributed by atoms with Gasteiger partial charge in [0.25, 0.3) is 5.91 Å². The Morgan fingerprint density at radius 1 is 0.961 bits per heavy atom. The van der Waals surface area contributed by atoms with Crippen LogP contribution in [0, 0.1) is 17.3 Å². The highest BCUT2D eigenvalue weighted by Crippen LogP contribution is 2.32. The van der Waals surface area contributed by atoms with Crippen molar-refractivity contribution in [1.29, 1.82) is 0 Å². The summed E-state index contributed by atoms with van der Waals surface area (Å²) in [7, 11) is -3.52. The van der Waals surface area contributed by atoms with Gasteiger partial charge in [-0.15, -0.1) is 0 Å². The van der Waals surface area contributed by atoms with Crippen LogP contribution in [0.25, 0.3) is 0 Å². The van der Waals surface area contributed by atoms with Crippen LogP contribution >= 0.6 is 0 Å². The number of unbranched alkanes of at least 4 members (excludes halogenated alkanes) is 1. The molecule has 1 aromatic carbocycles. The fourth-order valence-corrected chi connectivity index (χ4v) is 8.16. The molecular formula is C37H60N6O7S. The van der Waals surface area contributed by atoms with Gasteiger partial charge in [0, 0.05) is 32.2 Å². The second-order valence-electron chi connectivity index (χ2n) is 15.0. The Morgan fingerprint density at radius 3 is 2.12 bits per heavy atom. The third-order valence-corrected chi connectivity index (χ3v) is 12.2. The summed E-state index contributed by atoms with van der Waals surface area (Å²) in [5, 5.41) is 11.3. The van der Waals surface area contributed by atoms with Crippen molar-refractivity contribution in [3.63, 3.8) is 0 Å². The smallest absolute Gasteiger partial charge is 0.315 e. The average molecular weight is 733 g/mol. The zero-order chi connectivity index (χ0) is 38.1. The molecule has 2 aliphatic rings. The summed E-state index contributed by atoms with van der Waals surface area (Å²) in [5.74, 6) is -2.98. The summed E-state index contributed by atoms with van der Waals surface area (Å²) in [6.07, 6.45) is 3.32. The molecule has 0 bridgehead atoms. The quantitative estimate of drug-likeness (QED) is 0.178. The number of carbonyl (C=O) groups is 5. The molecule has 1 fully saturated rings. The second kappa shape index (κ2) is 18.3. The van der Waals surface area contributed by atoms with Gasteiger partial charge >= 0.3 is 6.03 Å². The lowest BCUT2D eigenvalue weighted by Gasteiger charge is -2.36. The standard InChI is InChI=1S/C37H60N6O7S/c1-9-13-18-28(32(44)34(46)38-10-2)39-33(45)31-24(5)19-20-43(31)35(47)30(27-21-25-16-14-15-17-26(25)22-27)41-36(48)40-29(37(6,7)8)23-42(11-3)51(49,50)12-4/h14-17,24,27-31H,9-13,18-23H2,1-8H3,(H,38,46)(H,39,45)(H2,40,41,48)/t24-,28?,29+,30-,31-/m0/s1. The van der Waals surface area contributed by atoms with Crippen molar-refractivity contribution >= 4 is 39.6 Å². The average Bonchev–Trinajstić information content (AvgIpc) is 3.69. The van der Waals surface area contributed by atoms with Gasteiger partial charge in [-0.2, -0.15) is 0 Å². The number of likely N-dealkylation sites (N-methyl/N-ethyl adjacent to an activating group) is 2. The minimum absolute atomic E-state index is 0.0643. The van der Waals surface area contributed by atoms with Gasteiger partial charge in [0.2, 0.25) is 27.6 Å². The van der Waals surface area contributed by atoms with Crippen LogP contribution in [0.4, 0.5) is 4.79 Å². The molecule has 0 radical (unpaired) electrons. The number of benzene rings is 1. The van der Waals surface area contributed by atoms with E-state index in [9.17, 15) is 32.4 Å². The maximum absolute atomic E-state index is 14.6. The highest BCUT2D eigenvalue weighted by Gasteiger charge is 2.46. The van der Waals surface area contributed by atoms with Crippen LogP contribution in [0.5, 0.6) is 0 Å². The van der Waals surface area contributed by atoms with E-state index in [4.69, 9.17) is 0 Å². The second-order valence-corrected chi connectivity index (χ2v) is 17.2. The first-order chi connectivity index (χ1) is 24.0. The molecule has 14 heteroatoms. The minimum Gasteiger partial charge on any atom is -0.350 e. The lowest BCUT2D eigenvalue weighted by atomic mass is 9.86. The molecule has 0 spiro atoms. The minimum atomic E-state index is -3.52. The number of fused-ring (bicyclic) bond motifs is 1. The van der Waals surface area contributed by atoms with Gasteiger partial charge in [-0.3, -0.25) is 19.2 Å². The molecule has 0 saturated carbocycles. The molecule has 13 nitrogen and oxygen atoms in total. The van der Waals surface area contributed by atoms with E-state index in [0.29, 0.717) is 32.1 Å². The summed E-state index contributed by atoms with van der Waals surface area (Å²) < 4.78 is 26.9. The van der Waals surface area contributed by atoms with E-state index < -0.39 is 69.1 Å². The number of hydrogen-bond donors (Lipinski definition) is 4. The number of urea groups is 1. The zero-order valence-corrected chi connectivity index (χ0v) is 32.5. The van der Waals surface area contributed by atoms with Gasteiger partial charge in [0.1, 0.15) is 12.1 Å². The molecule has 0 aromatic heterocycles. The monoisotopic (exact) mass is 732 g/mol. The molecule has 1 aliphatic carbocycles. The number of carbonyl (C=O) groups excluding carboxylic acids is 5. The van der Waals surface area contributed by atoms with Crippen LogP contribution < -0.4 is 21.3 Å². The Balaban J connectivity index is 1.90. The Hall–Kier alpha value is -3.52. The Labute approximate surface area is 304 Å². The van der Waals surface area contributed by atoms with Crippen molar-refractivity contribution in [2.24, 2.45) is 17.3 Å². The number of hydrogen-bond acceptors (Lipinski definition) is 7. The first-order valence-electron chi connectivity index (χ1n) is 18.5. The van der Waals surface area contributed by atoms with Crippen LogP contribution in [0.1, 0.15) is 92.2 Å². The van der Waals surface area contributed by atoms with E-state index in [1.165, 1.54) is 9.21 Å². The van der Waals surface area contributed by atoms with Crippen molar-refractivity contribution in [1.82, 2.24) is 30.5 Å². The number of likely N-dealkylation sites (tertiary alicyclic amines) is 1. The summed E-state index contributed by atoms with van der Waals surface area (Å²) >= 11 is 0. The Kier molecular flexibility index (Phi) is 15.0. The predicted molar refractivity (Wildman–Crippen MR) is 197 cm³/mol. The van der Waals surface area contributed by atoms with Gasteiger partial charge in [-0.25, -0.2) is 17.5 Å². The van der Waals surface area contributed by atoms with Crippen LogP contribution in [0.3, 0.4) is 0 Å². The number of ketones is 1. The molecular weight excluding hydrogens is 673 g/mol. The third kappa shape index (κ3) is 10.8. The van der Waals surface area contributed by atoms with Gasteiger partial charge in [0.05, 0.1) is 11.8 Å². The molecule has 286 valence electrons. The molecule has 3 rings (SSSR count). The summed E-state index contributed by atoms with van der Waals surface area (Å²) in [4.78, 5) is 69.4. The Bertz CT molecular complexity index is 1490.